The number of hydrogen-bond acceptors (Lipinski definition) is 2. The first-order valence-electron chi connectivity index (χ1n) is 10.5. The lowest BCUT2D eigenvalue weighted by molar-refractivity contribution is -0.116. The molecule has 2 N–H and O–H groups in total. The summed E-state index contributed by atoms with van der Waals surface area (Å²) in [6.45, 7) is 1.97. The van der Waals surface area contributed by atoms with Crippen molar-refractivity contribution in [3.63, 3.8) is 0 Å². The number of nitrogens with one attached hydrogen (secondary N) is 2. The number of nitrogens with zero attached hydrogens (tertiary/aromatic N) is 2. The number of anilines is 1. The monoisotopic (exact) mass is 472 g/mol. The summed E-state index contributed by atoms with van der Waals surface area (Å²) in [5.74, 6) is -0.611. The summed E-state index contributed by atoms with van der Waals surface area (Å²) in [6.07, 6.45) is 0. The van der Waals surface area contributed by atoms with Crippen LogP contribution in [-0.4, -0.2) is 20.7 Å². The number of carbonyl (C=O) groups is 1. The van der Waals surface area contributed by atoms with Crippen LogP contribution in [0.5, 0.6) is 0 Å². The molecule has 0 aliphatic carbocycles. The number of carbonyl (C=O) groups excluding carboxylic acids is 1. The highest BCUT2D eigenvalue weighted by molar-refractivity contribution is 6.31. The molecule has 3 aromatic carbocycles. The highest BCUT2D eigenvalue weighted by Gasteiger charge is 2.37. The summed E-state index contributed by atoms with van der Waals surface area (Å²) >= 11 is 12.5. The second-order valence-electron chi connectivity index (χ2n) is 8.13. The van der Waals surface area contributed by atoms with E-state index < -0.39 is 5.92 Å². The first-order valence-corrected chi connectivity index (χ1v) is 11.3. The second kappa shape index (κ2) is 7.51. The molecule has 1 unspecified atom stereocenters. The zero-order valence-electron chi connectivity index (χ0n) is 17.6. The lowest BCUT2D eigenvalue weighted by Crippen LogP contribution is -2.14. The topological polar surface area (TPSA) is 62.7 Å². The van der Waals surface area contributed by atoms with Crippen LogP contribution in [0, 0.1) is 6.92 Å². The highest BCUT2D eigenvalue weighted by atomic mass is 35.5. The summed E-state index contributed by atoms with van der Waals surface area (Å²) in [7, 11) is 0. The SMILES string of the molecule is Cc1nn(-c2ccccc2)c2[nH]c(-c3ccc(Cl)cc3)c(C3C(=O)Nc4ccc(Cl)cc43)c12. The van der Waals surface area contributed by atoms with Crippen LogP contribution < -0.4 is 5.32 Å². The number of H-pyrrole nitrogens is 1. The number of fused-ring (bicyclic) bond motifs is 2. The lowest BCUT2D eigenvalue weighted by Gasteiger charge is -2.12. The summed E-state index contributed by atoms with van der Waals surface area (Å²) in [5, 5.41) is 9.99. The summed E-state index contributed by atoms with van der Waals surface area (Å²) in [4.78, 5) is 16.9. The number of rotatable bonds is 3. The molecule has 0 spiro atoms. The van der Waals surface area contributed by atoms with Crippen molar-refractivity contribution in [1.29, 1.82) is 0 Å². The predicted molar refractivity (Wildman–Crippen MR) is 133 cm³/mol. The van der Waals surface area contributed by atoms with E-state index in [9.17, 15) is 4.79 Å². The maximum atomic E-state index is 13.3. The van der Waals surface area contributed by atoms with Crippen molar-refractivity contribution in [3.8, 4) is 16.9 Å². The van der Waals surface area contributed by atoms with Crippen LogP contribution in [-0.2, 0) is 4.79 Å². The molecule has 1 aliphatic heterocycles. The van der Waals surface area contributed by atoms with Gasteiger partial charge in [0.1, 0.15) is 5.65 Å². The second-order valence-corrected chi connectivity index (χ2v) is 9.00. The summed E-state index contributed by atoms with van der Waals surface area (Å²) < 4.78 is 1.89. The van der Waals surface area contributed by atoms with E-state index in [-0.39, 0.29) is 5.91 Å². The van der Waals surface area contributed by atoms with Crippen LogP contribution >= 0.6 is 23.2 Å². The van der Waals surface area contributed by atoms with Gasteiger partial charge in [-0.2, -0.15) is 5.10 Å². The molecule has 1 amide bonds. The molecule has 0 saturated carbocycles. The molecular weight excluding hydrogens is 455 g/mol. The van der Waals surface area contributed by atoms with E-state index >= 15 is 0 Å². The number of aromatic amines is 1. The minimum Gasteiger partial charge on any atom is -0.339 e. The molecule has 0 radical (unpaired) electrons. The van der Waals surface area contributed by atoms with Gasteiger partial charge in [-0.05, 0) is 60.5 Å². The quantitative estimate of drug-likeness (QED) is 0.306. The fourth-order valence-corrected chi connectivity index (χ4v) is 4.99. The van der Waals surface area contributed by atoms with Crippen LogP contribution in [0.4, 0.5) is 5.69 Å². The molecule has 33 heavy (non-hydrogen) atoms. The Labute approximate surface area is 200 Å². The number of halogens is 2. The Morgan fingerprint density at radius 1 is 0.939 bits per heavy atom. The fourth-order valence-electron chi connectivity index (χ4n) is 4.68. The maximum Gasteiger partial charge on any atom is 0.236 e. The van der Waals surface area contributed by atoms with Crippen LogP contribution in [0.2, 0.25) is 10.0 Å². The molecule has 3 heterocycles. The largest absolute Gasteiger partial charge is 0.339 e. The van der Waals surface area contributed by atoms with Gasteiger partial charge in [-0.25, -0.2) is 4.68 Å². The van der Waals surface area contributed by atoms with Crippen LogP contribution in [0.3, 0.4) is 0 Å². The number of amides is 1. The van der Waals surface area contributed by atoms with E-state index in [0.29, 0.717) is 10.0 Å². The van der Waals surface area contributed by atoms with E-state index in [4.69, 9.17) is 28.3 Å². The zero-order chi connectivity index (χ0) is 22.7. The zero-order valence-corrected chi connectivity index (χ0v) is 19.1. The van der Waals surface area contributed by atoms with Crippen molar-refractivity contribution in [2.24, 2.45) is 0 Å². The number of hydrogen-bond donors (Lipinski definition) is 2. The Morgan fingerprint density at radius 3 is 2.42 bits per heavy atom. The van der Waals surface area contributed by atoms with Crippen molar-refractivity contribution >= 4 is 45.8 Å². The van der Waals surface area contributed by atoms with Crippen molar-refractivity contribution in [2.45, 2.75) is 12.8 Å². The van der Waals surface area contributed by atoms with Gasteiger partial charge >= 0.3 is 0 Å². The third kappa shape index (κ3) is 3.16. The van der Waals surface area contributed by atoms with Crippen molar-refractivity contribution in [1.82, 2.24) is 14.8 Å². The molecule has 0 bridgehead atoms. The Morgan fingerprint density at radius 2 is 1.67 bits per heavy atom. The normalized spacial score (nSPS) is 15.1. The Kier molecular flexibility index (Phi) is 4.57. The summed E-state index contributed by atoms with van der Waals surface area (Å²) in [6, 6.07) is 23.0. The van der Waals surface area contributed by atoms with E-state index in [1.165, 1.54) is 0 Å². The first kappa shape index (κ1) is 20.1. The van der Waals surface area contributed by atoms with Crippen LogP contribution in [0.15, 0.2) is 72.8 Å². The van der Waals surface area contributed by atoms with Gasteiger partial charge in [0.2, 0.25) is 5.91 Å². The molecule has 1 aliphatic rings. The number of aromatic nitrogens is 3. The van der Waals surface area contributed by atoms with Gasteiger partial charge in [-0.3, -0.25) is 4.79 Å². The lowest BCUT2D eigenvalue weighted by atomic mass is 9.88. The van der Waals surface area contributed by atoms with Gasteiger partial charge < -0.3 is 10.3 Å². The molecule has 5 nitrogen and oxygen atoms in total. The Bertz CT molecular complexity index is 1530. The average molecular weight is 473 g/mol. The van der Waals surface area contributed by atoms with E-state index in [1.807, 2.05) is 78.3 Å². The molecule has 6 rings (SSSR count). The van der Waals surface area contributed by atoms with Gasteiger partial charge in [0.25, 0.3) is 0 Å². The first-order chi connectivity index (χ1) is 16.0. The molecule has 0 fully saturated rings. The fraction of sp³-hybridized carbons (Fsp3) is 0.0769. The molecule has 1 atom stereocenters. The molecule has 2 aromatic heterocycles. The van der Waals surface area contributed by atoms with Crippen molar-refractivity contribution < 1.29 is 4.79 Å². The van der Waals surface area contributed by atoms with Gasteiger partial charge in [-0.15, -0.1) is 0 Å². The third-order valence-electron chi connectivity index (χ3n) is 6.11. The maximum absolute atomic E-state index is 13.3. The van der Waals surface area contributed by atoms with Crippen molar-refractivity contribution in [3.05, 3.63) is 99.7 Å². The minimum absolute atomic E-state index is 0.0877. The molecule has 7 heteroatoms. The number of benzene rings is 3. The Hall–Kier alpha value is -3.54. The molecule has 0 saturated heterocycles. The Balaban J connectivity index is 1.68. The summed E-state index contributed by atoms with van der Waals surface area (Å²) in [5.41, 5.74) is 6.92. The van der Waals surface area contributed by atoms with Gasteiger partial charge in [0, 0.05) is 26.7 Å². The van der Waals surface area contributed by atoms with Gasteiger partial charge in [0.15, 0.2) is 0 Å². The smallest absolute Gasteiger partial charge is 0.236 e. The number of para-hydroxylation sites is 1. The highest BCUT2D eigenvalue weighted by Crippen LogP contribution is 2.46. The predicted octanol–water partition coefficient (Wildman–Crippen LogP) is 6.72. The van der Waals surface area contributed by atoms with Gasteiger partial charge in [-0.1, -0.05) is 53.5 Å². The van der Waals surface area contributed by atoms with Crippen LogP contribution in [0.25, 0.3) is 28.0 Å². The van der Waals surface area contributed by atoms with Gasteiger partial charge in [0.05, 0.1) is 23.0 Å². The van der Waals surface area contributed by atoms with E-state index in [1.54, 1.807) is 6.07 Å². The van der Waals surface area contributed by atoms with E-state index in [0.717, 1.165) is 50.5 Å². The molecular formula is C26H18Cl2N4O. The molecule has 162 valence electrons. The average Bonchev–Trinajstić information content (AvgIpc) is 3.45. The van der Waals surface area contributed by atoms with Crippen LogP contribution in [0.1, 0.15) is 22.7 Å². The minimum atomic E-state index is -0.523. The van der Waals surface area contributed by atoms with E-state index in [2.05, 4.69) is 10.3 Å². The standard InChI is InChI=1S/C26H18Cl2N4O/c1-14-21-23(22-19-13-17(28)11-12-20(19)29-26(22)33)24(15-7-9-16(27)10-8-15)30-25(21)32(31-14)18-5-3-2-4-6-18/h2-13,22,30H,1H3,(H,29,33). The molecule has 5 aromatic rings. The van der Waals surface area contributed by atoms with Crippen molar-refractivity contribution in [2.75, 3.05) is 5.32 Å². The number of aryl methyl sites for hydroxylation is 1. The third-order valence-corrected chi connectivity index (χ3v) is 6.60.